The fraction of sp³-hybridized carbons (Fsp3) is 0.526. The highest BCUT2D eigenvalue weighted by atomic mass is 16.5. The van der Waals surface area contributed by atoms with Gasteiger partial charge in [-0.05, 0) is 38.3 Å². The van der Waals surface area contributed by atoms with Crippen LogP contribution in [0, 0.1) is 6.92 Å². The van der Waals surface area contributed by atoms with Gasteiger partial charge in [0, 0.05) is 26.3 Å². The van der Waals surface area contributed by atoms with Crippen LogP contribution in [-0.4, -0.2) is 58.3 Å². The molecular weight excluding hydrogens is 332 g/mol. The van der Waals surface area contributed by atoms with E-state index in [1.54, 1.807) is 25.1 Å². The number of pyridine rings is 1. The van der Waals surface area contributed by atoms with E-state index >= 15 is 0 Å². The second-order valence-corrected chi connectivity index (χ2v) is 7.01. The van der Waals surface area contributed by atoms with E-state index in [0.717, 1.165) is 18.8 Å². The Bertz CT molecular complexity index is 761. The lowest BCUT2D eigenvalue weighted by molar-refractivity contribution is -0.000208. The van der Waals surface area contributed by atoms with Crippen LogP contribution < -0.4 is 4.90 Å². The molecule has 1 aliphatic rings. The predicted octanol–water partition coefficient (Wildman–Crippen LogP) is 2.04. The molecule has 1 aliphatic heterocycles. The summed E-state index contributed by atoms with van der Waals surface area (Å²) in [6, 6.07) is 5.75. The number of piperidine rings is 1. The third-order valence-corrected chi connectivity index (χ3v) is 4.89. The standard InChI is InChI=1S/C19H26N4O3/c1-4-15-17(14(2)26-21-15)18(24)22(3)12-19(25)9-7-11-23(13-19)16-8-5-6-10-20-16/h5-6,8,10,25H,4,7,9,11-13H2,1-3H3. The first-order chi connectivity index (χ1) is 12.4. The van der Waals surface area contributed by atoms with E-state index in [-0.39, 0.29) is 12.5 Å². The van der Waals surface area contributed by atoms with Gasteiger partial charge in [-0.3, -0.25) is 4.79 Å². The number of aliphatic hydroxyl groups is 1. The Balaban J connectivity index is 1.72. The van der Waals surface area contributed by atoms with Crippen molar-refractivity contribution in [2.75, 3.05) is 31.6 Å². The van der Waals surface area contributed by atoms with Gasteiger partial charge in [-0.2, -0.15) is 0 Å². The highest BCUT2D eigenvalue weighted by Gasteiger charge is 2.36. The Morgan fingerprint density at radius 3 is 2.96 bits per heavy atom. The maximum absolute atomic E-state index is 12.9. The first-order valence-corrected chi connectivity index (χ1v) is 9.02. The van der Waals surface area contributed by atoms with Gasteiger partial charge in [-0.1, -0.05) is 18.1 Å². The molecule has 1 atom stereocenters. The molecule has 1 fully saturated rings. The summed E-state index contributed by atoms with van der Waals surface area (Å²) in [6.07, 6.45) is 3.88. The summed E-state index contributed by atoms with van der Waals surface area (Å²) >= 11 is 0. The molecule has 0 bridgehead atoms. The Kier molecular flexibility index (Phi) is 5.27. The Morgan fingerprint density at radius 1 is 1.46 bits per heavy atom. The second kappa shape index (κ2) is 7.45. The van der Waals surface area contributed by atoms with Gasteiger partial charge in [-0.25, -0.2) is 4.98 Å². The van der Waals surface area contributed by atoms with E-state index in [9.17, 15) is 9.90 Å². The second-order valence-electron chi connectivity index (χ2n) is 7.01. The molecule has 2 aromatic rings. The van der Waals surface area contributed by atoms with Gasteiger partial charge in [-0.15, -0.1) is 0 Å². The number of likely N-dealkylation sites (N-methyl/N-ethyl adjacent to an activating group) is 1. The third kappa shape index (κ3) is 3.72. The Hall–Kier alpha value is -2.41. The van der Waals surface area contributed by atoms with Gasteiger partial charge in [0.25, 0.3) is 5.91 Å². The van der Waals surface area contributed by atoms with Crippen molar-refractivity contribution in [2.45, 2.75) is 38.7 Å². The summed E-state index contributed by atoms with van der Waals surface area (Å²) < 4.78 is 5.17. The molecule has 1 unspecified atom stereocenters. The van der Waals surface area contributed by atoms with Gasteiger partial charge in [0.1, 0.15) is 17.1 Å². The van der Waals surface area contributed by atoms with Gasteiger partial charge < -0.3 is 19.4 Å². The number of rotatable bonds is 5. The Labute approximate surface area is 153 Å². The van der Waals surface area contributed by atoms with E-state index in [4.69, 9.17) is 4.52 Å². The predicted molar refractivity (Wildman–Crippen MR) is 98.2 cm³/mol. The zero-order chi connectivity index (χ0) is 18.7. The normalized spacial score (nSPS) is 20.2. The third-order valence-electron chi connectivity index (χ3n) is 4.89. The summed E-state index contributed by atoms with van der Waals surface area (Å²) in [5.74, 6) is 1.20. The van der Waals surface area contributed by atoms with Crippen LogP contribution in [0.3, 0.4) is 0 Å². The quantitative estimate of drug-likeness (QED) is 0.881. The lowest BCUT2D eigenvalue weighted by Crippen LogP contribution is -2.55. The van der Waals surface area contributed by atoms with Gasteiger partial charge in [0.05, 0.1) is 17.8 Å². The average molecular weight is 358 g/mol. The monoisotopic (exact) mass is 358 g/mol. The molecule has 1 N–H and O–H groups in total. The molecule has 0 aliphatic carbocycles. The summed E-state index contributed by atoms with van der Waals surface area (Å²) in [7, 11) is 1.71. The number of hydrogen-bond donors (Lipinski definition) is 1. The van der Waals surface area contributed by atoms with Crippen molar-refractivity contribution >= 4 is 11.7 Å². The summed E-state index contributed by atoms with van der Waals surface area (Å²) in [5.41, 5.74) is 0.193. The first-order valence-electron chi connectivity index (χ1n) is 9.02. The molecule has 7 nitrogen and oxygen atoms in total. The molecule has 3 rings (SSSR count). The van der Waals surface area contributed by atoms with Crippen LogP contribution in [0.25, 0.3) is 0 Å². The van der Waals surface area contributed by atoms with Gasteiger partial charge in [0.2, 0.25) is 0 Å². The molecule has 7 heteroatoms. The number of hydrogen-bond acceptors (Lipinski definition) is 6. The van der Waals surface area contributed by atoms with E-state index in [2.05, 4.69) is 15.0 Å². The van der Waals surface area contributed by atoms with E-state index < -0.39 is 5.60 Å². The lowest BCUT2D eigenvalue weighted by Gasteiger charge is -2.41. The molecule has 1 saturated heterocycles. The number of aromatic nitrogens is 2. The molecule has 26 heavy (non-hydrogen) atoms. The van der Waals surface area contributed by atoms with Crippen molar-refractivity contribution in [3.05, 3.63) is 41.4 Å². The molecule has 0 aromatic carbocycles. The molecule has 3 heterocycles. The minimum absolute atomic E-state index is 0.163. The van der Waals surface area contributed by atoms with E-state index in [1.165, 1.54) is 0 Å². The first kappa shape index (κ1) is 18.4. The smallest absolute Gasteiger partial charge is 0.259 e. The van der Waals surface area contributed by atoms with E-state index in [1.807, 2.05) is 25.1 Å². The fourth-order valence-corrected chi connectivity index (χ4v) is 3.62. The minimum atomic E-state index is -0.975. The number of nitrogens with zero attached hydrogens (tertiary/aromatic N) is 4. The van der Waals surface area contributed by atoms with Crippen molar-refractivity contribution in [1.29, 1.82) is 0 Å². The topological polar surface area (TPSA) is 82.7 Å². The molecule has 1 amide bonds. The van der Waals surface area contributed by atoms with Crippen LogP contribution >= 0.6 is 0 Å². The van der Waals surface area contributed by atoms with Crippen molar-refractivity contribution in [3.8, 4) is 0 Å². The minimum Gasteiger partial charge on any atom is -0.386 e. The van der Waals surface area contributed by atoms with Gasteiger partial charge in [0.15, 0.2) is 0 Å². The number of carbonyl (C=O) groups is 1. The fourth-order valence-electron chi connectivity index (χ4n) is 3.62. The lowest BCUT2D eigenvalue weighted by atomic mass is 9.92. The summed E-state index contributed by atoms with van der Waals surface area (Å²) in [4.78, 5) is 20.9. The molecule has 0 spiro atoms. The van der Waals surface area contributed by atoms with Crippen LogP contribution in [0.4, 0.5) is 5.82 Å². The van der Waals surface area contributed by atoms with Crippen LogP contribution in [0.15, 0.2) is 28.9 Å². The molecule has 140 valence electrons. The van der Waals surface area contributed by atoms with Crippen LogP contribution in [0.5, 0.6) is 0 Å². The van der Waals surface area contributed by atoms with Crippen molar-refractivity contribution in [1.82, 2.24) is 15.0 Å². The maximum Gasteiger partial charge on any atom is 0.259 e. The highest BCUT2D eigenvalue weighted by Crippen LogP contribution is 2.26. The SMILES string of the molecule is CCc1noc(C)c1C(=O)N(C)CC1(O)CCCN(c2ccccn2)C1. The van der Waals surface area contributed by atoms with Gasteiger partial charge >= 0.3 is 0 Å². The van der Waals surface area contributed by atoms with Crippen LogP contribution in [-0.2, 0) is 6.42 Å². The van der Waals surface area contributed by atoms with Crippen LogP contribution in [0.1, 0.15) is 41.6 Å². The largest absolute Gasteiger partial charge is 0.386 e. The number of anilines is 1. The van der Waals surface area contributed by atoms with Crippen LogP contribution in [0.2, 0.25) is 0 Å². The number of amides is 1. The molecule has 0 saturated carbocycles. The molecular formula is C19H26N4O3. The zero-order valence-corrected chi connectivity index (χ0v) is 15.6. The molecule has 0 radical (unpaired) electrons. The van der Waals surface area contributed by atoms with E-state index in [0.29, 0.717) is 36.4 Å². The number of aryl methyl sites for hydroxylation is 2. The summed E-state index contributed by atoms with van der Waals surface area (Å²) in [6.45, 7) is 5.23. The average Bonchev–Trinajstić information content (AvgIpc) is 3.02. The van der Waals surface area contributed by atoms with Crippen molar-refractivity contribution in [3.63, 3.8) is 0 Å². The van der Waals surface area contributed by atoms with Crippen molar-refractivity contribution in [2.24, 2.45) is 0 Å². The number of carbonyl (C=O) groups excluding carboxylic acids is 1. The number of β-amino-alcohol motifs (C(OH)–C–C–N with tert-alkyl or cyclic N) is 1. The summed E-state index contributed by atoms with van der Waals surface area (Å²) in [5, 5.41) is 15.1. The Morgan fingerprint density at radius 2 is 2.27 bits per heavy atom. The maximum atomic E-state index is 12.9. The van der Waals surface area contributed by atoms with Crippen molar-refractivity contribution < 1.29 is 14.4 Å². The molecule has 2 aromatic heterocycles. The zero-order valence-electron chi connectivity index (χ0n) is 15.6. The highest BCUT2D eigenvalue weighted by molar-refractivity contribution is 5.96.